The highest BCUT2D eigenvalue weighted by atomic mass is 16.5. The Balaban J connectivity index is 1.76. The first-order chi connectivity index (χ1) is 12.1. The van der Waals surface area contributed by atoms with Crippen molar-refractivity contribution in [2.45, 2.75) is 13.5 Å². The van der Waals surface area contributed by atoms with Crippen molar-refractivity contribution < 1.29 is 14.3 Å². The van der Waals surface area contributed by atoms with Crippen molar-refractivity contribution in [1.29, 1.82) is 0 Å². The molecule has 0 fully saturated rings. The Morgan fingerprint density at radius 1 is 1.00 bits per heavy atom. The van der Waals surface area contributed by atoms with Crippen molar-refractivity contribution >= 4 is 17.5 Å². The molecule has 2 amide bonds. The normalized spacial score (nSPS) is 10.2. The van der Waals surface area contributed by atoms with Crippen molar-refractivity contribution in [1.82, 2.24) is 10.6 Å². The van der Waals surface area contributed by atoms with Crippen molar-refractivity contribution in [3.63, 3.8) is 0 Å². The summed E-state index contributed by atoms with van der Waals surface area (Å²) in [7, 11) is 1.63. The van der Waals surface area contributed by atoms with E-state index in [1.54, 1.807) is 31.4 Å². The maximum absolute atomic E-state index is 12.0. The number of rotatable bonds is 8. The molecule has 6 heteroatoms. The summed E-state index contributed by atoms with van der Waals surface area (Å²) in [6, 6.07) is 14.5. The van der Waals surface area contributed by atoms with Gasteiger partial charge in [0, 0.05) is 24.3 Å². The fourth-order valence-electron chi connectivity index (χ4n) is 2.24. The topological polar surface area (TPSA) is 79.5 Å². The molecule has 0 saturated heterocycles. The number of anilines is 1. The van der Waals surface area contributed by atoms with E-state index in [-0.39, 0.29) is 18.4 Å². The first-order valence-corrected chi connectivity index (χ1v) is 8.14. The van der Waals surface area contributed by atoms with E-state index in [4.69, 9.17) is 4.74 Å². The summed E-state index contributed by atoms with van der Waals surface area (Å²) < 4.78 is 5.11. The Kier molecular flexibility index (Phi) is 6.98. The highest BCUT2D eigenvalue weighted by Crippen LogP contribution is 2.11. The molecule has 0 aromatic heterocycles. The van der Waals surface area contributed by atoms with Gasteiger partial charge in [-0.25, -0.2) is 0 Å². The van der Waals surface area contributed by atoms with E-state index in [9.17, 15) is 9.59 Å². The van der Waals surface area contributed by atoms with E-state index in [0.717, 1.165) is 11.3 Å². The summed E-state index contributed by atoms with van der Waals surface area (Å²) in [5.41, 5.74) is 2.29. The molecular weight excluding hydrogens is 318 g/mol. The molecule has 0 aliphatic rings. The lowest BCUT2D eigenvalue weighted by atomic mass is 10.2. The fraction of sp³-hybridized carbons (Fsp3) is 0.263. The third kappa shape index (κ3) is 5.93. The molecule has 0 bridgehead atoms. The van der Waals surface area contributed by atoms with E-state index in [1.807, 2.05) is 31.2 Å². The molecule has 2 aromatic rings. The van der Waals surface area contributed by atoms with E-state index >= 15 is 0 Å². The van der Waals surface area contributed by atoms with Crippen LogP contribution in [0.15, 0.2) is 48.5 Å². The molecule has 0 unspecified atom stereocenters. The molecule has 3 N–H and O–H groups in total. The fourth-order valence-corrected chi connectivity index (χ4v) is 2.24. The zero-order valence-electron chi connectivity index (χ0n) is 14.5. The van der Waals surface area contributed by atoms with Gasteiger partial charge >= 0.3 is 0 Å². The summed E-state index contributed by atoms with van der Waals surface area (Å²) in [4.78, 5) is 23.6. The molecule has 0 atom stereocenters. The molecule has 0 saturated carbocycles. The third-order valence-corrected chi connectivity index (χ3v) is 3.54. The molecule has 2 aromatic carbocycles. The molecule has 25 heavy (non-hydrogen) atoms. The quantitative estimate of drug-likeness (QED) is 0.687. The summed E-state index contributed by atoms with van der Waals surface area (Å²) in [5.74, 6) is 0.540. The Labute approximate surface area is 147 Å². The monoisotopic (exact) mass is 341 g/mol. The van der Waals surface area contributed by atoms with Gasteiger partial charge in [0.1, 0.15) is 5.75 Å². The molecule has 6 nitrogen and oxygen atoms in total. The van der Waals surface area contributed by atoms with Crippen LogP contribution in [0.2, 0.25) is 0 Å². The van der Waals surface area contributed by atoms with Crippen LogP contribution in [0.5, 0.6) is 5.75 Å². The van der Waals surface area contributed by atoms with E-state index in [1.165, 1.54) is 0 Å². The number of amides is 2. The minimum Gasteiger partial charge on any atom is -0.497 e. The maximum atomic E-state index is 12.0. The van der Waals surface area contributed by atoms with Crippen molar-refractivity contribution in [2.75, 3.05) is 25.5 Å². The van der Waals surface area contributed by atoms with Gasteiger partial charge in [-0.1, -0.05) is 12.1 Å². The van der Waals surface area contributed by atoms with Crippen molar-refractivity contribution in [3.05, 3.63) is 59.7 Å². The summed E-state index contributed by atoms with van der Waals surface area (Å²) in [5, 5.41) is 8.61. The maximum Gasteiger partial charge on any atom is 0.251 e. The lowest BCUT2D eigenvalue weighted by molar-refractivity contribution is -0.115. The molecule has 0 radical (unpaired) electrons. The van der Waals surface area contributed by atoms with Gasteiger partial charge in [0.2, 0.25) is 5.91 Å². The first kappa shape index (κ1) is 18.5. The predicted octanol–water partition coefficient (Wildman–Crippen LogP) is 2.17. The minimum atomic E-state index is -0.140. The van der Waals surface area contributed by atoms with Crippen LogP contribution >= 0.6 is 0 Å². The van der Waals surface area contributed by atoms with Gasteiger partial charge in [0.05, 0.1) is 13.7 Å². The Morgan fingerprint density at radius 2 is 1.68 bits per heavy atom. The average molecular weight is 341 g/mol. The molecule has 2 rings (SSSR count). The van der Waals surface area contributed by atoms with E-state index < -0.39 is 0 Å². The van der Waals surface area contributed by atoms with E-state index in [2.05, 4.69) is 16.0 Å². The van der Waals surface area contributed by atoms with Crippen molar-refractivity contribution in [2.24, 2.45) is 0 Å². The second-order valence-electron chi connectivity index (χ2n) is 5.44. The lowest BCUT2D eigenvalue weighted by Gasteiger charge is -2.08. The molecule has 0 heterocycles. The predicted molar refractivity (Wildman–Crippen MR) is 97.8 cm³/mol. The second kappa shape index (κ2) is 9.44. The average Bonchev–Trinajstić information content (AvgIpc) is 2.63. The number of hydrogen-bond acceptors (Lipinski definition) is 4. The Hall–Kier alpha value is -2.86. The van der Waals surface area contributed by atoms with Crippen LogP contribution < -0.4 is 20.7 Å². The number of ether oxygens (including phenoxy) is 1. The number of carbonyl (C=O) groups is 2. The highest BCUT2D eigenvalue weighted by Gasteiger charge is 2.05. The second-order valence-corrected chi connectivity index (χ2v) is 5.44. The smallest absolute Gasteiger partial charge is 0.251 e. The van der Waals surface area contributed by atoms with Gasteiger partial charge in [0.15, 0.2) is 0 Å². The summed E-state index contributed by atoms with van der Waals surface area (Å²) in [6.45, 7) is 3.24. The molecule has 0 aliphatic heterocycles. The van der Waals surface area contributed by atoms with Gasteiger partial charge in [-0.3, -0.25) is 9.59 Å². The van der Waals surface area contributed by atoms with E-state index in [0.29, 0.717) is 24.3 Å². The Bertz CT molecular complexity index is 697. The number of benzene rings is 2. The molecule has 132 valence electrons. The zero-order chi connectivity index (χ0) is 18.1. The van der Waals surface area contributed by atoms with Crippen molar-refractivity contribution in [3.8, 4) is 5.75 Å². The number of hydrogen-bond donors (Lipinski definition) is 3. The third-order valence-electron chi connectivity index (χ3n) is 3.54. The minimum absolute atomic E-state index is 0.124. The molecule has 0 spiro atoms. The van der Waals surface area contributed by atoms with Gasteiger partial charge < -0.3 is 20.7 Å². The number of nitrogens with one attached hydrogen (secondary N) is 3. The van der Waals surface area contributed by atoms with Gasteiger partial charge in [-0.05, 0) is 48.9 Å². The first-order valence-electron chi connectivity index (χ1n) is 8.14. The van der Waals surface area contributed by atoms with Gasteiger partial charge in [-0.15, -0.1) is 0 Å². The van der Waals surface area contributed by atoms with Gasteiger partial charge in [0.25, 0.3) is 5.91 Å². The molecular formula is C19H23N3O3. The highest BCUT2D eigenvalue weighted by molar-refractivity contribution is 5.96. The van der Waals surface area contributed by atoms with Gasteiger partial charge in [-0.2, -0.15) is 0 Å². The summed E-state index contributed by atoms with van der Waals surface area (Å²) >= 11 is 0. The summed E-state index contributed by atoms with van der Waals surface area (Å²) in [6.07, 6.45) is 0. The van der Waals surface area contributed by atoms with Crippen LogP contribution in [0, 0.1) is 0 Å². The number of carbonyl (C=O) groups excluding carboxylic acids is 2. The zero-order valence-corrected chi connectivity index (χ0v) is 14.5. The SMILES string of the molecule is CCNC(=O)c1ccc(NC(=O)CNCc2ccc(OC)cc2)cc1. The standard InChI is InChI=1S/C19H23N3O3/c1-3-21-19(24)15-6-8-16(9-7-15)22-18(23)13-20-12-14-4-10-17(25-2)11-5-14/h4-11,20H,3,12-13H2,1-2H3,(H,21,24)(H,22,23). The number of methoxy groups -OCH3 is 1. The van der Waals surface area contributed by atoms with Crippen LogP contribution in [0.3, 0.4) is 0 Å². The lowest BCUT2D eigenvalue weighted by Crippen LogP contribution is -2.27. The van der Waals surface area contributed by atoms with Crippen LogP contribution in [0.1, 0.15) is 22.8 Å². The van der Waals surface area contributed by atoms with Crippen LogP contribution in [-0.4, -0.2) is 32.0 Å². The van der Waals surface area contributed by atoms with Crippen LogP contribution in [0.4, 0.5) is 5.69 Å². The molecule has 0 aliphatic carbocycles. The Morgan fingerprint density at radius 3 is 2.28 bits per heavy atom. The van der Waals surface area contributed by atoms with Crippen LogP contribution in [-0.2, 0) is 11.3 Å². The largest absolute Gasteiger partial charge is 0.497 e. The van der Waals surface area contributed by atoms with Crippen LogP contribution in [0.25, 0.3) is 0 Å².